The lowest BCUT2D eigenvalue weighted by Gasteiger charge is -2.14. The van der Waals surface area contributed by atoms with Crippen LogP contribution in [0.15, 0.2) is 18.2 Å². The third-order valence-electron chi connectivity index (χ3n) is 2.69. The Morgan fingerprint density at radius 3 is 2.47 bits per heavy atom. The number of aldehydes is 1. The fraction of sp³-hybridized carbons (Fsp3) is 0.500. The highest BCUT2D eigenvalue weighted by molar-refractivity contribution is 5.54. The summed E-state index contributed by atoms with van der Waals surface area (Å²) in [5.41, 5.74) is 3.96. The van der Waals surface area contributed by atoms with Crippen LogP contribution < -0.4 is 0 Å². The lowest BCUT2D eigenvalue weighted by atomic mass is 9.90. The predicted octanol–water partition coefficient (Wildman–Crippen LogP) is 3.50. The van der Waals surface area contributed by atoms with E-state index in [0.29, 0.717) is 5.92 Å². The molecule has 1 unspecified atom stereocenters. The third-order valence-corrected chi connectivity index (χ3v) is 2.69. The molecule has 0 heterocycles. The Kier molecular flexibility index (Phi) is 4.07. The zero-order valence-corrected chi connectivity index (χ0v) is 10.1. The summed E-state index contributed by atoms with van der Waals surface area (Å²) < 4.78 is 0. The van der Waals surface area contributed by atoms with Gasteiger partial charge in [0, 0.05) is 5.92 Å². The molecule has 0 aliphatic rings. The van der Waals surface area contributed by atoms with Crippen molar-refractivity contribution in [3.63, 3.8) is 0 Å². The van der Waals surface area contributed by atoms with Gasteiger partial charge < -0.3 is 4.79 Å². The molecule has 0 aliphatic carbocycles. The number of hydrogen-bond acceptors (Lipinski definition) is 1. The molecule has 1 nitrogen and oxygen atoms in total. The molecule has 1 heteroatoms. The Morgan fingerprint density at radius 2 is 1.93 bits per heavy atom. The number of benzene rings is 1. The molecule has 0 aromatic heterocycles. The van der Waals surface area contributed by atoms with E-state index >= 15 is 0 Å². The summed E-state index contributed by atoms with van der Waals surface area (Å²) in [6, 6.07) is 6.53. The summed E-state index contributed by atoms with van der Waals surface area (Å²) in [5, 5.41) is 0. The first kappa shape index (κ1) is 12.0. The third kappa shape index (κ3) is 3.19. The minimum Gasteiger partial charge on any atom is -0.303 e. The van der Waals surface area contributed by atoms with Gasteiger partial charge in [0.05, 0.1) is 0 Å². The van der Waals surface area contributed by atoms with E-state index in [0.717, 1.165) is 12.7 Å². The zero-order valence-electron chi connectivity index (χ0n) is 10.1. The second kappa shape index (κ2) is 5.11. The average molecular weight is 204 g/mol. The number of aryl methyl sites for hydroxylation is 1. The van der Waals surface area contributed by atoms with Crippen molar-refractivity contribution in [1.29, 1.82) is 0 Å². The van der Waals surface area contributed by atoms with Crippen molar-refractivity contribution in [1.82, 2.24) is 0 Å². The van der Waals surface area contributed by atoms with Crippen LogP contribution in [-0.2, 0) is 11.2 Å². The van der Waals surface area contributed by atoms with Crippen LogP contribution in [0.25, 0.3) is 0 Å². The fourth-order valence-electron chi connectivity index (χ4n) is 1.87. The Morgan fingerprint density at radius 1 is 1.27 bits per heavy atom. The molecule has 15 heavy (non-hydrogen) atoms. The SMILES string of the molecule is Cc1ccc(C(C)C)c(CC(C)C=O)c1. The van der Waals surface area contributed by atoms with Gasteiger partial charge in [0.15, 0.2) is 0 Å². The van der Waals surface area contributed by atoms with Crippen molar-refractivity contribution >= 4 is 6.29 Å². The summed E-state index contributed by atoms with van der Waals surface area (Å²) in [6.07, 6.45) is 1.89. The largest absolute Gasteiger partial charge is 0.303 e. The maximum Gasteiger partial charge on any atom is 0.123 e. The van der Waals surface area contributed by atoms with E-state index in [-0.39, 0.29) is 5.92 Å². The maximum atomic E-state index is 10.7. The van der Waals surface area contributed by atoms with Crippen molar-refractivity contribution in [2.24, 2.45) is 5.92 Å². The lowest BCUT2D eigenvalue weighted by Crippen LogP contribution is -2.05. The van der Waals surface area contributed by atoms with Gasteiger partial charge in [0.2, 0.25) is 0 Å². The van der Waals surface area contributed by atoms with Crippen LogP contribution in [0.5, 0.6) is 0 Å². The van der Waals surface area contributed by atoms with Gasteiger partial charge in [-0.3, -0.25) is 0 Å². The molecule has 0 saturated carbocycles. The molecule has 0 spiro atoms. The minimum absolute atomic E-state index is 0.115. The van der Waals surface area contributed by atoms with E-state index in [1.807, 2.05) is 6.92 Å². The van der Waals surface area contributed by atoms with Gasteiger partial charge in [-0.25, -0.2) is 0 Å². The molecular formula is C14H20O. The molecule has 1 atom stereocenters. The standard InChI is InChI=1S/C14H20O/c1-10(2)14-6-5-11(3)7-13(14)8-12(4)9-15/h5-7,9-10,12H,8H2,1-4H3. The maximum absolute atomic E-state index is 10.7. The molecule has 0 saturated heterocycles. The molecule has 0 aliphatic heterocycles. The van der Waals surface area contributed by atoms with Gasteiger partial charge in [-0.05, 0) is 30.4 Å². The minimum atomic E-state index is 0.115. The van der Waals surface area contributed by atoms with E-state index in [1.54, 1.807) is 0 Å². The van der Waals surface area contributed by atoms with E-state index in [4.69, 9.17) is 0 Å². The van der Waals surface area contributed by atoms with Crippen LogP contribution in [0.1, 0.15) is 43.4 Å². The summed E-state index contributed by atoms with van der Waals surface area (Å²) in [7, 11) is 0. The molecule has 0 amide bonds. The van der Waals surface area contributed by atoms with Crippen molar-refractivity contribution in [2.75, 3.05) is 0 Å². The highest BCUT2D eigenvalue weighted by Gasteiger charge is 2.09. The number of carbonyl (C=O) groups is 1. The molecule has 0 fully saturated rings. The Labute approximate surface area is 92.5 Å². The van der Waals surface area contributed by atoms with E-state index < -0.39 is 0 Å². The Balaban J connectivity index is 3.01. The second-order valence-electron chi connectivity index (χ2n) is 4.67. The van der Waals surface area contributed by atoms with Crippen molar-refractivity contribution in [3.8, 4) is 0 Å². The highest BCUT2D eigenvalue weighted by Crippen LogP contribution is 2.22. The summed E-state index contributed by atoms with van der Waals surface area (Å²) in [4.78, 5) is 10.7. The van der Waals surface area contributed by atoms with Gasteiger partial charge in [-0.1, -0.05) is 44.5 Å². The molecule has 0 bridgehead atoms. The summed E-state index contributed by atoms with van der Waals surface area (Å²) >= 11 is 0. The topological polar surface area (TPSA) is 17.1 Å². The Bertz CT molecular complexity index is 339. The second-order valence-corrected chi connectivity index (χ2v) is 4.67. The van der Waals surface area contributed by atoms with Gasteiger partial charge in [0.25, 0.3) is 0 Å². The predicted molar refractivity (Wildman–Crippen MR) is 64.2 cm³/mol. The van der Waals surface area contributed by atoms with Crippen LogP contribution in [0, 0.1) is 12.8 Å². The average Bonchev–Trinajstić information content (AvgIpc) is 2.17. The monoisotopic (exact) mass is 204 g/mol. The molecule has 1 aromatic carbocycles. The number of carbonyl (C=O) groups excluding carboxylic acids is 1. The van der Waals surface area contributed by atoms with E-state index in [9.17, 15) is 4.79 Å². The van der Waals surface area contributed by atoms with Crippen LogP contribution in [-0.4, -0.2) is 6.29 Å². The van der Waals surface area contributed by atoms with Crippen LogP contribution >= 0.6 is 0 Å². The first-order valence-electron chi connectivity index (χ1n) is 5.59. The smallest absolute Gasteiger partial charge is 0.123 e. The van der Waals surface area contributed by atoms with Crippen LogP contribution in [0.3, 0.4) is 0 Å². The lowest BCUT2D eigenvalue weighted by molar-refractivity contribution is -0.110. The van der Waals surface area contributed by atoms with Crippen molar-refractivity contribution in [3.05, 3.63) is 34.9 Å². The molecular weight excluding hydrogens is 184 g/mol. The van der Waals surface area contributed by atoms with E-state index in [2.05, 4.69) is 39.0 Å². The molecule has 0 N–H and O–H groups in total. The molecule has 1 aromatic rings. The highest BCUT2D eigenvalue weighted by atomic mass is 16.1. The first-order valence-corrected chi connectivity index (χ1v) is 5.59. The van der Waals surface area contributed by atoms with Crippen LogP contribution in [0.2, 0.25) is 0 Å². The summed E-state index contributed by atoms with van der Waals surface area (Å²) in [5.74, 6) is 0.642. The van der Waals surface area contributed by atoms with Gasteiger partial charge in [-0.15, -0.1) is 0 Å². The molecule has 1 rings (SSSR count). The van der Waals surface area contributed by atoms with Crippen molar-refractivity contribution in [2.45, 2.75) is 40.0 Å². The van der Waals surface area contributed by atoms with E-state index in [1.165, 1.54) is 16.7 Å². The molecule has 82 valence electrons. The number of hydrogen-bond donors (Lipinski definition) is 0. The fourth-order valence-corrected chi connectivity index (χ4v) is 1.87. The quantitative estimate of drug-likeness (QED) is 0.686. The normalized spacial score (nSPS) is 12.9. The van der Waals surface area contributed by atoms with Gasteiger partial charge in [0.1, 0.15) is 6.29 Å². The van der Waals surface area contributed by atoms with Crippen molar-refractivity contribution < 1.29 is 4.79 Å². The van der Waals surface area contributed by atoms with Gasteiger partial charge in [-0.2, -0.15) is 0 Å². The Hall–Kier alpha value is -1.11. The number of rotatable bonds is 4. The first-order chi connectivity index (χ1) is 7.04. The van der Waals surface area contributed by atoms with Gasteiger partial charge >= 0.3 is 0 Å². The van der Waals surface area contributed by atoms with Crippen LogP contribution in [0.4, 0.5) is 0 Å². The summed E-state index contributed by atoms with van der Waals surface area (Å²) in [6.45, 7) is 8.46. The molecule has 0 radical (unpaired) electrons. The zero-order chi connectivity index (χ0) is 11.4.